The Hall–Kier alpha value is -0.600. The molecule has 2 nitrogen and oxygen atoms in total. The maximum atomic E-state index is 10.4. The van der Waals surface area contributed by atoms with Crippen molar-refractivity contribution in [2.24, 2.45) is 46.3 Å². The van der Waals surface area contributed by atoms with Gasteiger partial charge in [-0.1, -0.05) is 65.3 Å². The predicted molar refractivity (Wildman–Crippen MR) is 123 cm³/mol. The molecule has 5 rings (SSSR count). The molecule has 0 aromatic carbocycles. The van der Waals surface area contributed by atoms with E-state index in [-0.39, 0.29) is 23.2 Å². The molecule has 10 atom stereocenters. The zero-order valence-corrected chi connectivity index (χ0v) is 20.2. The van der Waals surface area contributed by atoms with Gasteiger partial charge in [0.25, 0.3) is 0 Å². The summed E-state index contributed by atoms with van der Waals surface area (Å²) in [5, 5.41) is 10.4. The van der Waals surface area contributed by atoms with Crippen LogP contribution in [0.5, 0.6) is 0 Å². The van der Waals surface area contributed by atoms with Gasteiger partial charge in [0.05, 0.1) is 6.10 Å². The summed E-state index contributed by atoms with van der Waals surface area (Å²) in [6.45, 7) is 14.6. The highest BCUT2D eigenvalue weighted by Gasteiger charge is 2.73. The van der Waals surface area contributed by atoms with Crippen LogP contribution in [0.4, 0.5) is 0 Å². The minimum Gasteiger partial charge on any atom is -0.393 e. The van der Waals surface area contributed by atoms with E-state index in [1.807, 2.05) is 0 Å². The number of aliphatic hydroxyl groups excluding tert-OH is 1. The fourth-order valence-electron chi connectivity index (χ4n) is 8.52. The highest BCUT2D eigenvalue weighted by atomic mass is 16.6. The van der Waals surface area contributed by atoms with Crippen LogP contribution in [0.3, 0.4) is 0 Å². The molecule has 5 aliphatic rings. The quantitative estimate of drug-likeness (QED) is 0.420. The fourth-order valence-corrected chi connectivity index (χ4v) is 8.52. The van der Waals surface area contributed by atoms with Gasteiger partial charge in [0.15, 0.2) is 0 Å². The second-order valence-electron chi connectivity index (χ2n) is 12.6. The van der Waals surface area contributed by atoms with Gasteiger partial charge in [0.2, 0.25) is 0 Å². The Labute approximate surface area is 184 Å². The molecule has 2 heteroatoms. The Morgan fingerprint density at radius 3 is 2.50 bits per heavy atom. The molecule has 0 amide bonds. The number of epoxide rings is 1. The maximum absolute atomic E-state index is 10.4. The first kappa shape index (κ1) is 21.3. The summed E-state index contributed by atoms with van der Waals surface area (Å²) in [4.78, 5) is 0. The molecule has 1 N–H and O–H groups in total. The van der Waals surface area contributed by atoms with Crippen molar-refractivity contribution in [2.75, 3.05) is 0 Å². The summed E-state index contributed by atoms with van der Waals surface area (Å²) in [5.41, 5.74) is 2.38. The summed E-state index contributed by atoms with van der Waals surface area (Å²) in [7, 11) is 0. The third-order valence-corrected chi connectivity index (χ3v) is 10.9. The molecule has 0 unspecified atom stereocenters. The van der Waals surface area contributed by atoms with Crippen LogP contribution in [0.2, 0.25) is 0 Å². The van der Waals surface area contributed by atoms with Crippen LogP contribution in [0.15, 0.2) is 23.8 Å². The van der Waals surface area contributed by atoms with Gasteiger partial charge in [-0.25, -0.2) is 0 Å². The van der Waals surface area contributed by atoms with Crippen LogP contribution >= 0.6 is 0 Å². The van der Waals surface area contributed by atoms with Crippen molar-refractivity contribution in [3.8, 4) is 0 Å². The summed E-state index contributed by atoms with van der Waals surface area (Å²) in [6.07, 6.45) is 16.0. The van der Waals surface area contributed by atoms with Gasteiger partial charge in [0, 0.05) is 11.8 Å². The van der Waals surface area contributed by atoms with Crippen LogP contribution < -0.4 is 0 Å². The Balaban J connectivity index is 1.40. The number of fused-ring (bicyclic) bond motifs is 4. The van der Waals surface area contributed by atoms with Gasteiger partial charge in [-0.3, -0.25) is 0 Å². The van der Waals surface area contributed by atoms with Gasteiger partial charge in [-0.05, 0) is 79.4 Å². The van der Waals surface area contributed by atoms with E-state index in [1.54, 1.807) is 5.57 Å². The van der Waals surface area contributed by atoms with Crippen molar-refractivity contribution < 1.29 is 9.84 Å². The van der Waals surface area contributed by atoms with Crippen LogP contribution in [-0.2, 0) is 4.74 Å². The van der Waals surface area contributed by atoms with Crippen LogP contribution in [0, 0.1) is 46.3 Å². The second kappa shape index (κ2) is 6.95. The largest absolute Gasteiger partial charge is 0.393 e. The monoisotopic (exact) mass is 412 g/mol. The smallest absolute Gasteiger partial charge is 0.107 e. The van der Waals surface area contributed by atoms with E-state index in [2.05, 4.69) is 59.8 Å². The highest BCUT2D eigenvalue weighted by Crippen LogP contribution is 2.72. The first-order chi connectivity index (χ1) is 14.1. The number of hydrogen-bond acceptors (Lipinski definition) is 2. The lowest BCUT2D eigenvalue weighted by Crippen LogP contribution is -2.55. The predicted octanol–water partition coefficient (Wildman–Crippen LogP) is 6.54. The summed E-state index contributed by atoms with van der Waals surface area (Å²) in [6, 6.07) is 0. The van der Waals surface area contributed by atoms with Gasteiger partial charge in [0.1, 0.15) is 11.7 Å². The van der Waals surface area contributed by atoms with E-state index in [1.165, 1.54) is 25.7 Å². The molecule has 1 spiro atoms. The topological polar surface area (TPSA) is 32.8 Å². The SMILES string of the molecule is CC(C)[C@@H](C)/C=C/[C@@H](C)[C@H]1CC[C@H]2C3=C[C@@H]4O[C@@]45C[C@@H](O)CC[C@]5(C)[C@H]3CC[C@]12C. The van der Waals surface area contributed by atoms with Crippen molar-refractivity contribution >= 4 is 0 Å². The van der Waals surface area contributed by atoms with E-state index in [0.717, 1.165) is 37.0 Å². The number of ether oxygens (including phenoxy) is 1. The fraction of sp³-hybridized carbons (Fsp3) is 0.857. The third kappa shape index (κ3) is 2.81. The molecular weight excluding hydrogens is 368 g/mol. The molecule has 4 fully saturated rings. The maximum Gasteiger partial charge on any atom is 0.107 e. The zero-order valence-electron chi connectivity index (χ0n) is 20.2. The molecule has 4 aliphatic carbocycles. The molecule has 0 bridgehead atoms. The zero-order chi connectivity index (χ0) is 21.5. The van der Waals surface area contributed by atoms with Crippen molar-refractivity contribution in [1.29, 1.82) is 0 Å². The van der Waals surface area contributed by atoms with E-state index < -0.39 is 0 Å². The summed E-state index contributed by atoms with van der Waals surface area (Å²) < 4.78 is 6.43. The van der Waals surface area contributed by atoms with Gasteiger partial charge in [-0.2, -0.15) is 0 Å². The normalized spacial score (nSPS) is 51.6. The van der Waals surface area contributed by atoms with Crippen LogP contribution in [-0.4, -0.2) is 22.9 Å². The Bertz CT molecular complexity index is 752. The van der Waals surface area contributed by atoms with Crippen LogP contribution in [0.1, 0.15) is 86.5 Å². The third-order valence-electron chi connectivity index (χ3n) is 10.9. The molecule has 1 heterocycles. The lowest BCUT2D eigenvalue weighted by molar-refractivity contribution is -0.0527. The molecule has 1 aliphatic heterocycles. The number of aliphatic hydroxyl groups is 1. The molecule has 0 radical (unpaired) electrons. The van der Waals surface area contributed by atoms with Crippen molar-refractivity contribution in [3.05, 3.63) is 23.8 Å². The van der Waals surface area contributed by atoms with Crippen molar-refractivity contribution in [2.45, 2.75) is 104 Å². The van der Waals surface area contributed by atoms with Gasteiger partial charge in [-0.15, -0.1) is 0 Å². The summed E-state index contributed by atoms with van der Waals surface area (Å²) >= 11 is 0. The lowest BCUT2D eigenvalue weighted by atomic mass is 9.47. The Morgan fingerprint density at radius 1 is 1.00 bits per heavy atom. The number of hydrogen-bond donors (Lipinski definition) is 1. The Morgan fingerprint density at radius 2 is 1.77 bits per heavy atom. The lowest BCUT2D eigenvalue weighted by Gasteiger charge is -2.56. The Kier molecular flexibility index (Phi) is 4.92. The minimum atomic E-state index is -0.163. The molecule has 3 saturated carbocycles. The average Bonchev–Trinajstić information content (AvgIpc) is 3.27. The number of allylic oxidation sites excluding steroid dienone is 3. The molecule has 30 heavy (non-hydrogen) atoms. The second-order valence-corrected chi connectivity index (χ2v) is 12.6. The van der Waals surface area contributed by atoms with E-state index in [0.29, 0.717) is 23.2 Å². The molecule has 168 valence electrons. The van der Waals surface area contributed by atoms with E-state index >= 15 is 0 Å². The molecule has 0 aromatic heterocycles. The molecule has 0 aromatic rings. The van der Waals surface area contributed by atoms with Crippen molar-refractivity contribution in [1.82, 2.24) is 0 Å². The molecular formula is C28H44O2. The summed E-state index contributed by atoms with van der Waals surface area (Å²) in [5.74, 6) is 4.26. The van der Waals surface area contributed by atoms with Crippen LogP contribution in [0.25, 0.3) is 0 Å². The minimum absolute atomic E-state index is 0.0480. The number of rotatable bonds is 4. The average molecular weight is 413 g/mol. The standard InChI is InChI=1S/C28H44O2/c1-17(2)18(3)7-8-19(4)22-9-10-23-21-15-25-28(30-25)16-20(29)11-14-27(28,6)24(21)12-13-26(22,23)5/h7-8,15,17-20,22-25,29H,9-14,16H2,1-6H3/b8-7+/t18-,19+,20-,22+,23-,24-,25-,26+,27+,28-/m0/s1. The van der Waals surface area contributed by atoms with Gasteiger partial charge < -0.3 is 9.84 Å². The van der Waals surface area contributed by atoms with Crippen molar-refractivity contribution in [3.63, 3.8) is 0 Å². The first-order valence-electron chi connectivity index (χ1n) is 12.9. The molecule has 1 saturated heterocycles. The highest BCUT2D eigenvalue weighted by molar-refractivity contribution is 5.38. The first-order valence-corrected chi connectivity index (χ1v) is 12.9. The van der Waals surface area contributed by atoms with E-state index in [4.69, 9.17) is 4.74 Å². The van der Waals surface area contributed by atoms with Gasteiger partial charge >= 0.3 is 0 Å². The van der Waals surface area contributed by atoms with E-state index in [9.17, 15) is 5.11 Å².